The fraction of sp³-hybridized carbons (Fsp3) is 0.786. The van der Waals surface area contributed by atoms with Crippen molar-refractivity contribution in [3.8, 4) is 0 Å². The molecule has 1 saturated heterocycles. The van der Waals surface area contributed by atoms with Crippen LogP contribution in [0.15, 0.2) is 5.51 Å². The van der Waals surface area contributed by atoms with E-state index in [9.17, 15) is 0 Å². The molecule has 2 unspecified atom stereocenters. The van der Waals surface area contributed by atoms with Crippen molar-refractivity contribution in [2.75, 3.05) is 6.54 Å². The maximum atomic E-state index is 6.14. The zero-order valence-electron chi connectivity index (χ0n) is 11.1. The van der Waals surface area contributed by atoms with Crippen molar-refractivity contribution in [2.45, 2.75) is 63.6 Å². The van der Waals surface area contributed by atoms with Gasteiger partial charge in [-0.25, -0.2) is 4.98 Å². The molecule has 3 nitrogen and oxygen atoms in total. The van der Waals surface area contributed by atoms with Crippen LogP contribution in [0.25, 0.3) is 0 Å². The predicted octanol–water partition coefficient (Wildman–Crippen LogP) is 2.72. The third-order valence-corrected chi connectivity index (χ3v) is 5.09. The van der Waals surface area contributed by atoms with Gasteiger partial charge in [-0.2, -0.15) is 0 Å². The Bertz CT molecular complexity index is 397. The first kappa shape index (κ1) is 12.6. The van der Waals surface area contributed by atoms with Gasteiger partial charge in [0, 0.05) is 29.4 Å². The Balaban J connectivity index is 1.71. The first-order valence-electron chi connectivity index (χ1n) is 7.17. The highest BCUT2D eigenvalue weighted by Crippen LogP contribution is 2.42. The third kappa shape index (κ3) is 2.60. The molecular weight excluding hydrogens is 242 g/mol. The Hall–Kier alpha value is -0.450. The summed E-state index contributed by atoms with van der Waals surface area (Å²) in [4.78, 5) is 8.66. The highest BCUT2D eigenvalue weighted by Gasteiger charge is 2.31. The monoisotopic (exact) mass is 265 g/mol. The van der Waals surface area contributed by atoms with E-state index in [-0.39, 0.29) is 6.04 Å². The van der Waals surface area contributed by atoms with Gasteiger partial charge in [0.05, 0.1) is 11.2 Å². The number of thiazole rings is 1. The van der Waals surface area contributed by atoms with Crippen LogP contribution < -0.4 is 5.73 Å². The number of hydrogen-bond acceptors (Lipinski definition) is 4. The summed E-state index contributed by atoms with van der Waals surface area (Å²) in [6.07, 6.45) is 6.60. The minimum Gasteiger partial charge on any atom is -0.327 e. The second kappa shape index (κ2) is 5.27. The number of hydrogen-bond donors (Lipinski definition) is 1. The summed E-state index contributed by atoms with van der Waals surface area (Å²) < 4.78 is 0. The van der Waals surface area contributed by atoms with Gasteiger partial charge in [0.25, 0.3) is 0 Å². The molecule has 2 aliphatic rings. The fourth-order valence-electron chi connectivity index (χ4n) is 3.08. The summed E-state index contributed by atoms with van der Waals surface area (Å²) in [6.45, 7) is 4.42. The molecular formula is C14H23N3S. The van der Waals surface area contributed by atoms with Gasteiger partial charge in [-0.3, -0.25) is 4.90 Å². The molecule has 1 aromatic rings. The van der Waals surface area contributed by atoms with E-state index in [0.717, 1.165) is 12.5 Å². The van der Waals surface area contributed by atoms with Crippen LogP contribution in [0.5, 0.6) is 0 Å². The van der Waals surface area contributed by atoms with Gasteiger partial charge in [-0.1, -0.05) is 6.42 Å². The number of likely N-dealkylation sites (tertiary alicyclic amines) is 1. The largest absolute Gasteiger partial charge is 0.327 e. The molecule has 0 aromatic carbocycles. The average Bonchev–Trinajstić information content (AvgIpc) is 3.11. The summed E-state index contributed by atoms with van der Waals surface area (Å²) in [5, 5.41) is 0. The number of rotatable bonds is 4. The van der Waals surface area contributed by atoms with E-state index >= 15 is 0 Å². The van der Waals surface area contributed by atoms with Crippen molar-refractivity contribution in [2.24, 2.45) is 5.73 Å². The van der Waals surface area contributed by atoms with Crippen molar-refractivity contribution in [3.05, 3.63) is 16.1 Å². The van der Waals surface area contributed by atoms with Gasteiger partial charge >= 0.3 is 0 Å². The summed E-state index contributed by atoms with van der Waals surface area (Å²) in [6, 6.07) is 0.843. The quantitative estimate of drug-likeness (QED) is 0.910. The molecule has 1 aliphatic carbocycles. The lowest BCUT2D eigenvalue weighted by atomic mass is 9.97. The number of nitrogens with zero attached hydrogens (tertiary/aromatic N) is 2. The molecule has 2 atom stereocenters. The molecule has 0 radical (unpaired) electrons. The predicted molar refractivity (Wildman–Crippen MR) is 75.8 cm³/mol. The molecule has 0 spiro atoms. The van der Waals surface area contributed by atoms with Crippen LogP contribution in [0, 0.1) is 0 Å². The molecule has 4 heteroatoms. The van der Waals surface area contributed by atoms with Crippen molar-refractivity contribution in [1.82, 2.24) is 9.88 Å². The van der Waals surface area contributed by atoms with Crippen LogP contribution >= 0.6 is 11.3 Å². The SMILES string of the molecule is CC(N)C1CCCCN1Cc1scnc1C1CC1. The zero-order chi connectivity index (χ0) is 12.5. The zero-order valence-corrected chi connectivity index (χ0v) is 12.0. The topological polar surface area (TPSA) is 42.1 Å². The third-order valence-electron chi connectivity index (χ3n) is 4.25. The molecule has 1 aliphatic heterocycles. The van der Waals surface area contributed by atoms with Gasteiger partial charge in [-0.05, 0) is 39.2 Å². The van der Waals surface area contributed by atoms with Crippen molar-refractivity contribution in [1.29, 1.82) is 0 Å². The molecule has 2 fully saturated rings. The lowest BCUT2D eigenvalue weighted by Crippen LogP contribution is -2.48. The highest BCUT2D eigenvalue weighted by atomic mass is 32.1. The van der Waals surface area contributed by atoms with Crippen molar-refractivity contribution < 1.29 is 0 Å². The van der Waals surface area contributed by atoms with E-state index in [4.69, 9.17) is 5.73 Å². The molecule has 3 rings (SSSR count). The van der Waals surface area contributed by atoms with Gasteiger partial charge in [0.2, 0.25) is 0 Å². The van der Waals surface area contributed by atoms with E-state index in [1.165, 1.54) is 49.2 Å². The van der Waals surface area contributed by atoms with Crippen LogP contribution in [-0.2, 0) is 6.54 Å². The molecule has 0 amide bonds. The van der Waals surface area contributed by atoms with Gasteiger partial charge in [-0.15, -0.1) is 11.3 Å². The summed E-state index contributed by atoms with van der Waals surface area (Å²) in [5.74, 6) is 0.768. The molecule has 2 heterocycles. The Morgan fingerprint density at radius 1 is 1.44 bits per heavy atom. The van der Waals surface area contributed by atoms with Crippen LogP contribution in [0.1, 0.15) is 55.5 Å². The van der Waals surface area contributed by atoms with E-state index in [1.54, 1.807) is 0 Å². The average molecular weight is 265 g/mol. The molecule has 1 saturated carbocycles. The maximum absolute atomic E-state index is 6.14. The summed E-state index contributed by atoms with van der Waals surface area (Å²) >= 11 is 1.83. The number of aromatic nitrogens is 1. The van der Waals surface area contributed by atoms with E-state index < -0.39 is 0 Å². The van der Waals surface area contributed by atoms with Crippen molar-refractivity contribution >= 4 is 11.3 Å². The lowest BCUT2D eigenvalue weighted by molar-refractivity contribution is 0.124. The minimum absolute atomic E-state index is 0.280. The maximum Gasteiger partial charge on any atom is 0.0798 e. The molecule has 0 bridgehead atoms. The molecule has 100 valence electrons. The fourth-order valence-corrected chi connectivity index (χ4v) is 3.95. The number of nitrogens with two attached hydrogens (primary N) is 1. The van der Waals surface area contributed by atoms with Crippen LogP contribution in [0.4, 0.5) is 0 Å². The Labute approximate surface area is 113 Å². The van der Waals surface area contributed by atoms with Crippen LogP contribution in [-0.4, -0.2) is 28.5 Å². The van der Waals surface area contributed by atoms with E-state index in [2.05, 4.69) is 16.8 Å². The molecule has 1 aromatic heterocycles. The summed E-state index contributed by atoms with van der Waals surface area (Å²) in [5.41, 5.74) is 9.55. The minimum atomic E-state index is 0.280. The van der Waals surface area contributed by atoms with Crippen molar-refractivity contribution in [3.63, 3.8) is 0 Å². The first-order valence-corrected chi connectivity index (χ1v) is 8.05. The Morgan fingerprint density at radius 3 is 3.00 bits per heavy atom. The van der Waals surface area contributed by atoms with Gasteiger partial charge in [0.15, 0.2) is 0 Å². The molecule has 2 N–H and O–H groups in total. The van der Waals surface area contributed by atoms with Gasteiger partial charge in [0.1, 0.15) is 0 Å². The summed E-state index contributed by atoms with van der Waals surface area (Å²) in [7, 11) is 0. The van der Waals surface area contributed by atoms with Gasteiger partial charge < -0.3 is 5.73 Å². The normalized spacial score (nSPS) is 27.3. The smallest absolute Gasteiger partial charge is 0.0798 e. The van der Waals surface area contributed by atoms with Crippen LogP contribution in [0.2, 0.25) is 0 Å². The standard InChI is InChI=1S/C14H23N3S/c1-10(15)12-4-2-3-7-17(12)8-13-14(11-5-6-11)16-9-18-13/h9-12H,2-8,15H2,1H3. The highest BCUT2D eigenvalue weighted by molar-refractivity contribution is 7.09. The second-order valence-electron chi connectivity index (χ2n) is 5.83. The first-order chi connectivity index (χ1) is 8.75. The lowest BCUT2D eigenvalue weighted by Gasteiger charge is -2.37. The molecule has 18 heavy (non-hydrogen) atoms. The van der Waals surface area contributed by atoms with E-state index in [0.29, 0.717) is 6.04 Å². The Kier molecular flexibility index (Phi) is 3.68. The van der Waals surface area contributed by atoms with E-state index in [1.807, 2.05) is 16.8 Å². The second-order valence-corrected chi connectivity index (χ2v) is 6.77. The van der Waals surface area contributed by atoms with Crippen LogP contribution in [0.3, 0.4) is 0 Å². The number of piperidine rings is 1. The Morgan fingerprint density at radius 2 is 2.28 bits per heavy atom.